The zero-order valence-electron chi connectivity index (χ0n) is 12.4. The van der Waals surface area contributed by atoms with E-state index < -0.39 is 6.04 Å². The number of benzene rings is 1. The molecule has 1 amide bonds. The van der Waals surface area contributed by atoms with E-state index in [9.17, 15) is 4.79 Å². The van der Waals surface area contributed by atoms with Crippen LogP contribution in [0.5, 0.6) is 0 Å². The van der Waals surface area contributed by atoms with Gasteiger partial charge in [0.05, 0.1) is 6.54 Å². The van der Waals surface area contributed by atoms with Gasteiger partial charge in [0, 0.05) is 19.0 Å². The molecule has 2 heterocycles. The van der Waals surface area contributed by atoms with Gasteiger partial charge in [0.1, 0.15) is 17.7 Å². The molecule has 0 spiro atoms. The van der Waals surface area contributed by atoms with Gasteiger partial charge < -0.3 is 10.3 Å². The summed E-state index contributed by atoms with van der Waals surface area (Å²) in [5.41, 5.74) is 6.60. The summed E-state index contributed by atoms with van der Waals surface area (Å²) in [6.45, 7) is 2.22. The van der Waals surface area contributed by atoms with Crippen LogP contribution in [0.4, 0.5) is 0 Å². The molecule has 6 nitrogen and oxygen atoms in total. The molecule has 2 aliphatic rings. The number of fused-ring (bicyclic) bond motifs is 1. The highest BCUT2D eigenvalue weighted by Crippen LogP contribution is 2.40. The molecule has 1 aliphatic heterocycles. The van der Waals surface area contributed by atoms with Crippen molar-refractivity contribution in [2.45, 2.75) is 37.9 Å². The van der Waals surface area contributed by atoms with Crippen LogP contribution in [0.25, 0.3) is 0 Å². The molecule has 0 saturated heterocycles. The molecule has 6 heteroatoms. The summed E-state index contributed by atoms with van der Waals surface area (Å²) >= 11 is 0. The van der Waals surface area contributed by atoms with Crippen LogP contribution >= 0.6 is 0 Å². The number of hydrogen-bond donors (Lipinski definition) is 1. The lowest BCUT2D eigenvalue weighted by Crippen LogP contribution is -2.42. The molecular weight excluding hydrogens is 278 g/mol. The van der Waals surface area contributed by atoms with Gasteiger partial charge in [0.2, 0.25) is 5.91 Å². The molecule has 22 heavy (non-hydrogen) atoms. The highest BCUT2D eigenvalue weighted by molar-refractivity contribution is 5.81. The van der Waals surface area contributed by atoms with Gasteiger partial charge in [-0.2, -0.15) is 0 Å². The molecule has 0 radical (unpaired) electrons. The first-order valence-corrected chi connectivity index (χ1v) is 7.74. The van der Waals surface area contributed by atoms with Crippen LogP contribution in [0.3, 0.4) is 0 Å². The van der Waals surface area contributed by atoms with E-state index in [1.54, 1.807) is 0 Å². The molecule has 1 aromatic heterocycles. The summed E-state index contributed by atoms with van der Waals surface area (Å²) in [6, 6.07) is 9.30. The molecule has 0 unspecified atom stereocenters. The fourth-order valence-corrected chi connectivity index (χ4v) is 3.25. The number of carbonyl (C=O) groups excluding carboxylic acids is 1. The Bertz CT molecular complexity index is 692. The maximum Gasteiger partial charge on any atom is 0.239 e. The lowest BCUT2D eigenvalue weighted by atomic mass is 10.0. The summed E-state index contributed by atoms with van der Waals surface area (Å²) in [4.78, 5) is 14.1. The minimum absolute atomic E-state index is 0.318. The molecule has 0 bridgehead atoms. The number of primary amides is 1. The van der Waals surface area contributed by atoms with Crippen LogP contribution in [-0.4, -0.2) is 32.1 Å². The maximum atomic E-state index is 12.0. The van der Waals surface area contributed by atoms with Crippen LogP contribution in [0.15, 0.2) is 30.3 Å². The molecule has 2 N–H and O–H groups in total. The summed E-state index contributed by atoms with van der Waals surface area (Å²) in [6.07, 6.45) is 2.44. The van der Waals surface area contributed by atoms with Crippen molar-refractivity contribution in [3.8, 4) is 0 Å². The maximum absolute atomic E-state index is 12.0. The third-order valence-corrected chi connectivity index (χ3v) is 4.50. The number of amides is 1. The van der Waals surface area contributed by atoms with Gasteiger partial charge in [-0.25, -0.2) is 0 Å². The van der Waals surface area contributed by atoms with E-state index in [0.717, 1.165) is 30.3 Å². The van der Waals surface area contributed by atoms with E-state index in [1.807, 2.05) is 30.3 Å². The lowest BCUT2D eigenvalue weighted by Gasteiger charge is -2.33. The molecule has 2 aromatic rings. The molecule has 4 rings (SSSR count). The summed E-state index contributed by atoms with van der Waals surface area (Å²) in [5.74, 6) is 2.33. The number of carbonyl (C=O) groups is 1. The van der Waals surface area contributed by atoms with E-state index in [-0.39, 0.29) is 5.91 Å². The largest absolute Gasteiger partial charge is 0.368 e. The molecule has 1 atom stereocenters. The van der Waals surface area contributed by atoms with Crippen LogP contribution in [0.1, 0.15) is 42.0 Å². The van der Waals surface area contributed by atoms with Crippen LogP contribution in [0.2, 0.25) is 0 Å². The Morgan fingerprint density at radius 3 is 2.64 bits per heavy atom. The van der Waals surface area contributed by atoms with Crippen molar-refractivity contribution in [1.82, 2.24) is 19.7 Å². The number of nitrogens with zero attached hydrogens (tertiary/aromatic N) is 4. The summed E-state index contributed by atoms with van der Waals surface area (Å²) in [7, 11) is 0. The van der Waals surface area contributed by atoms with Crippen molar-refractivity contribution in [2.24, 2.45) is 5.73 Å². The molecule has 1 fully saturated rings. The Labute approximate surface area is 128 Å². The molecule has 114 valence electrons. The minimum atomic E-state index is -0.406. The second-order valence-electron chi connectivity index (χ2n) is 6.09. The number of hydrogen-bond acceptors (Lipinski definition) is 4. The smallest absolute Gasteiger partial charge is 0.239 e. The monoisotopic (exact) mass is 297 g/mol. The Hall–Kier alpha value is -2.21. The topological polar surface area (TPSA) is 77.0 Å². The predicted octanol–water partition coefficient (Wildman–Crippen LogP) is 1.20. The molecule has 1 saturated carbocycles. The molecular formula is C16H19N5O. The van der Waals surface area contributed by atoms with Crippen molar-refractivity contribution < 1.29 is 4.79 Å². The average molecular weight is 297 g/mol. The lowest BCUT2D eigenvalue weighted by molar-refractivity contribution is -0.124. The highest BCUT2D eigenvalue weighted by Gasteiger charge is 2.34. The third-order valence-electron chi connectivity index (χ3n) is 4.50. The first-order valence-electron chi connectivity index (χ1n) is 7.74. The van der Waals surface area contributed by atoms with Crippen LogP contribution in [-0.2, 0) is 17.9 Å². The average Bonchev–Trinajstić information content (AvgIpc) is 3.28. The second kappa shape index (κ2) is 5.21. The Morgan fingerprint density at radius 1 is 1.18 bits per heavy atom. The van der Waals surface area contributed by atoms with Gasteiger partial charge in [-0.1, -0.05) is 30.3 Å². The normalized spacial score (nSPS) is 19.6. The fourth-order valence-electron chi connectivity index (χ4n) is 3.25. The van der Waals surface area contributed by atoms with Crippen LogP contribution < -0.4 is 5.73 Å². The van der Waals surface area contributed by atoms with Gasteiger partial charge in [-0.15, -0.1) is 10.2 Å². The van der Waals surface area contributed by atoms with E-state index in [2.05, 4.69) is 19.7 Å². The Morgan fingerprint density at radius 2 is 1.95 bits per heavy atom. The second-order valence-corrected chi connectivity index (χ2v) is 6.09. The SMILES string of the molecule is NC(=O)[C@H](c1ccccc1)N1CCn2c(nnc2C2CC2)C1. The van der Waals surface area contributed by atoms with E-state index in [1.165, 1.54) is 12.8 Å². The molecule has 1 aromatic carbocycles. The standard InChI is InChI=1S/C16H19N5O/c17-15(22)14(11-4-2-1-3-5-11)20-8-9-21-13(10-20)18-19-16(21)12-6-7-12/h1-5,12,14H,6-10H2,(H2,17,22)/t14-/m0/s1. The van der Waals surface area contributed by atoms with Crippen molar-refractivity contribution in [3.05, 3.63) is 47.5 Å². The van der Waals surface area contributed by atoms with Gasteiger partial charge in [0.25, 0.3) is 0 Å². The van der Waals surface area contributed by atoms with Gasteiger partial charge in [0.15, 0.2) is 0 Å². The Kier molecular flexibility index (Phi) is 3.18. The summed E-state index contributed by atoms with van der Waals surface area (Å²) in [5, 5.41) is 8.66. The van der Waals surface area contributed by atoms with Crippen molar-refractivity contribution in [1.29, 1.82) is 0 Å². The Balaban J connectivity index is 1.61. The van der Waals surface area contributed by atoms with Gasteiger partial charge >= 0.3 is 0 Å². The first-order chi connectivity index (χ1) is 10.7. The van der Waals surface area contributed by atoms with Gasteiger partial charge in [-0.05, 0) is 18.4 Å². The number of rotatable bonds is 4. The van der Waals surface area contributed by atoms with Crippen molar-refractivity contribution >= 4 is 5.91 Å². The van der Waals surface area contributed by atoms with Crippen molar-refractivity contribution in [2.75, 3.05) is 6.54 Å². The minimum Gasteiger partial charge on any atom is -0.368 e. The number of aromatic nitrogens is 3. The quantitative estimate of drug-likeness (QED) is 0.920. The zero-order chi connectivity index (χ0) is 15.1. The van der Waals surface area contributed by atoms with Crippen LogP contribution in [0, 0.1) is 0 Å². The first kappa shape index (κ1) is 13.5. The van der Waals surface area contributed by atoms with E-state index in [0.29, 0.717) is 12.5 Å². The predicted molar refractivity (Wildman–Crippen MR) is 80.8 cm³/mol. The zero-order valence-corrected chi connectivity index (χ0v) is 12.4. The number of nitrogens with two attached hydrogens (primary N) is 1. The fraction of sp³-hybridized carbons (Fsp3) is 0.438. The third kappa shape index (κ3) is 2.29. The summed E-state index contributed by atoms with van der Waals surface area (Å²) < 4.78 is 2.22. The highest BCUT2D eigenvalue weighted by atomic mass is 16.1. The van der Waals surface area contributed by atoms with E-state index in [4.69, 9.17) is 5.73 Å². The van der Waals surface area contributed by atoms with Gasteiger partial charge in [-0.3, -0.25) is 9.69 Å². The van der Waals surface area contributed by atoms with Crippen molar-refractivity contribution in [3.63, 3.8) is 0 Å². The molecule has 1 aliphatic carbocycles. The van der Waals surface area contributed by atoms with E-state index >= 15 is 0 Å².